The van der Waals surface area contributed by atoms with E-state index in [2.05, 4.69) is 25.1 Å². The lowest BCUT2D eigenvalue weighted by Gasteiger charge is -2.06. The third-order valence-electron chi connectivity index (χ3n) is 5.05. The number of benzene rings is 2. The molecule has 2 aromatic carbocycles. The van der Waals surface area contributed by atoms with Crippen LogP contribution < -0.4 is 15.3 Å². The molecule has 0 N–H and O–H groups in total. The van der Waals surface area contributed by atoms with Gasteiger partial charge in [-0.05, 0) is 34.7 Å². The summed E-state index contributed by atoms with van der Waals surface area (Å²) < 4.78 is 43.0. The maximum absolute atomic E-state index is 12.9. The first-order valence-corrected chi connectivity index (χ1v) is 11.8. The number of aromatic nitrogens is 7. The Labute approximate surface area is 206 Å². The average molecular weight is 525 g/mol. The summed E-state index contributed by atoms with van der Waals surface area (Å²) in [5, 5.41) is 22.0. The number of hydrogen-bond acceptors (Lipinski definition) is 12. The molecule has 0 unspecified atom stereocenters. The van der Waals surface area contributed by atoms with Crippen molar-refractivity contribution in [3.63, 3.8) is 0 Å². The predicted molar refractivity (Wildman–Crippen MR) is 119 cm³/mol. The van der Waals surface area contributed by atoms with Crippen molar-refractivity contribution in [1.82, 2.24) is 29.5 Å². The first-order valence-electron chi connectivity index (χ1n) is 10.4. The monoisotopic (exact) mass is 525 g/mol. The van der Waals surface area contributed by atoms with Crippen LogP contribution in [0.25, 0.3) is 5.65 Å². The fraction of sp³-hybridized carbons (Fsp3) is 0.0952. The number of esters is 1. The van der Waals surface area contributed by atoms with E-state index in [-0.39, 0.29) is 33.5 Å². The third kappa shape index (κ3) is 4.36. The molecule has 0 saturated heterocycles. The molecule has 0 aliphatic heterocycles. The van der Waals surface area contributed by atoms with Crippen molar-refractivity contribution in [2.45, 2.75) is 16.5 Å². The minimum atomic E-state index is -4.27. The number of sulfone groups is 1. The van der Waals surface area contributed by atoms with Crippen LogP contribution in [-0.4, -0.2) is 43.9 Å². The molecule has 0 bridgehead atoms. The summed E-state index contributed by atoms with van der Waals surface area (Å²) in [4.78, 5) is 28.0. The van der Waals surface area contributed by atoms with Gasteiger partial charge in [-0.2, -0.15) is 4.68 Å². The molecule has 15 nitrogen and oxygen atoms in total. The van der Waals surface area contributed by atoms with Crippen LogP contribution in [0.5, 0.6) is 11.6 Å². The second kappa shape index (κ2) is 9.15. The van der Waals surface area contributed by atoms with Crippen molar-refractivity contribution in [3.05, 3.63) is 87.9 Å². The number of imidazole rings is 1. The summed E-state index contributed by atoms with van der Waals surface area (Å²) in [5.41, 5.74) is -0.195. The maximum Gasteiger partial charge on any atom is 0.420 e. The van der Waals surface area contributed by atoms with Gasteiger partial charge in [0.15, 0.2) is 11.3 Å². The smallest absolute Gasteiger partial charge is 0.420 e. The van der Waals surface area contributed by atoms with E-state index >= 15 is 0 Å². The number of fused-ring (bicyclic) bond motifs is 1. The summed E-state index contributed by atoms with van der Waals surface area (Å²) in [6, 6.07) is 13.3. The number of ether oxygens (including phenoxy) is 2. The Morgan fingerprint density at radius 3 is 2.59 bits per heavy atom. The van der Waals surface area contributed by atoms with Crippen LogP contribution in [0.1, 0.15) is 16.1 Å². The largest absolute Gasteiger partial charge is 0.456 e. The topological polar surface area (TPSA) is 188 Å². The van der Waals surface area contributed by atoms with Gasteiger partial charge in [0.05, 0.1) is 10.1 Å². The molecule has 3 heterocycles. The fourth-order valence-electron chi connectivity index (χ4n) is 3.22. The highest BCUT2D eigenvalue weighted by molar-refractivity contribution is 7.91. The first-order chi connectivity index (χ1) is 17.8. The highest BCUT2D eigenvalue weighted by Crippen LogP contribution is 2.29. The van der Waals surface area contributed by atoms with Crippen LogP contribution in [0.3, 0.4) is 0 Å². The molecular formula is C21H15N7O8S. The molecule has 0 aliphatic rings. The van der Waals surface area contributed by atoms with Crippen LogP contribution in [0.4, 0.5) is 0 Å². The molecule has 37 heavy (non-hydrogen) atoms. The van der Waals surface area contributed by atoms with Crippen LogP contribution >= 0.6 is 0 Å². The number of nitrogens with zero attached hydrogens (tertiary/aromatic N) is 7. The van der Waals surface area contributed by atoms with Gasteiger partial charge in [0.1, 0.15) is 18.7 Å². The SMILES string of the molecule is Cn1nnc2c(C(=O)OCc3ccc(Oc4no[n+]([O-])c4S(=O)(=O)c4ccccc4)cc3)ncn2c1=O. The third-order valence-corrected chi connectivity index (χ3v) is 6.78. The Bertz CT molecular complexity index is 1780. The molecule has 0 amide bonds. The molecule has 0 atom stereocenters. The molecule has 0 spiro atoms. The zero-order valence-electron chi connectivity index (χ0n) is 18.8. The molecule has 0 aliphatic carbocycles. The Balaban J connectivity index is 1.29. The van der Waals surface area contributed by atoms with Crippen LogP contribution in [0.15, 0.2) is 80.3 Å². The van der Waals surface area contributed by atoms with Gasteiger partial charge in [-0.15, -0.1) is 5.10 Å². The van der Waals surface area contributed by atoms with E-state index in [1.165, 1.54) is 43.4 Å². The van der Waals surface area contributed by atoms with Crippen LogP contribution in [0, 0.1) is 5.21 Å². The van der Waals surface area contributed by atoms with Gasteiger partial charge in [-0.1, -0.05) is 35.5 Å². The quantitative estimate of drug-likeness (QED) is 0.211. The van der Waals surface area contributed by atoms with Crippen molar-refractivity contribution < 1.29 is 32.2 Å². The van der Waals surface area contributed by atoms with E-state index in [0.717, 1.165) is 15.4 Å². The second-order valence-electron chi connectivity index (χ2n) is 7.46. The molecule has 188 valence electrons. The number of aryl methyl sites for hydroxylation is 1. The molecule has 0 fully saturated rings. The summed E-state index contributed by atoms with van der Waals surface area (Å²) in [5.74, 6) is -1.22. The van der Waals surface area contributed by atoms with Gasteiger partial charge in [-0.25, -0.2) is 27.4 Å². The standard InChI is InChI=1S/C21H15N7O8S/c1-26-21(30)27-12-22-16(17(27)23-25-26)20(29)34-11-13-7-9-14(10-8-13)35-18-19(28(31)36-24-18)37(32,33)15-5-3-2-4-6-15/h2-10,12H,11H2,1H3. The minimum Gasteiger partial charge on any atom is -0.456 e. The normalized spacial score (nSPS) is 11.5. The van der Waals surface area contributed by atoms with Crippen molar-refractivity contribution in [2.75, 3.05) is 0 Å². The summed E-state index contributed by atoms with van der Waals surface area (Å²) in [6.45, 7) is -0.158. The number of carbonyl (C=O) groups excluding carboxylic acids is 1. The fourth-order valence-corrected chi connectivity index (χ4v) is 4.50. The molecule has 3 aromatic heterocycles. The molecule has 5 aromatic rings. The summed E-state index contributed by atoms with van der Waals surface area (Å²) in [7, 11) is -2.87. The Kier molecular flexibility index (Phi) is 5.84. The Morgan fingerprint density at radius 1 is 1.14 bits per heavy atom. The second-order valence-corrected chi connectivity index (χ2v) is 9.33. The predicted octanol–water partition coefficient (Wildman–Crippen LogP) is 0.427. The van der Waals surface area contributed by atoms with Gasteiger partial charge < -0.3 is 14.7 Å². The Morgan fingerprint density at radius 2 is 1.86 bits per heavy atom. The summed E-state index contributed by atoms with van der Waals surface area (Å²) >= 11 is 0. The lowest BCUT2D eigenvalue weighted by atomic mass is 10.2. The zero-order chi connectivity index (χ0) is 26.2. The first kappa shape index (κ1) is 23.6. The molecule has 16 heteroatoms. The summed E-state index contributed by atoms with van der Waals surface area (Å²) in [6.07, 6.45) is 1.15. The highest BCUT2D eigenvalue weighted by Gasteiger charge is 2.36. The Hall–Kier alpha value is -5.12. The molecule has 0 radical (unpaired) electrons. The van der Waals surface area contributed by atoms with E-state index in [4.69, 9.17) is 9.47 Å². The van der Waals surface area contributed by atoms with Crippen molar-refractivity contribution in [2.24, 2.45) is 7.05 Å². The maximum atomic E-state index is 12.9. The van der Waals surface area contributed by atoms with Gasteiger partial charge in [0, 0.05) is 7.05 Å². The molecular weight excluding hydrogens is 510 g/mol. The number of hydrogen-bond donors (Lipinski definition) is 0. The van der Waals surface area contributed by atoms with Crippen molar-refractivity contribution in [1.29, 1.82) is 0 Å². The van der Waals surface area contributed by atoms with E-state index in [0.29, 0.717) is 5.56 Å². The van der Waals surface area contributed by atoms with Crippen molar-refractivity contribution in [3.8, 4) is 11.6 Å². The minimum absolute atomic E-state index is 0.0404. The van der Waals surface area contributed by atoms with E-state index < -0.39 is 32.4 Å². The lowest BCUT2D eigenvalue weighted by molar-refractivity contribution is -0.832. The average Bonchev–Trinajstić information content (AvgIpc) is 3.50. The zero-order valence-corrected chi connectivity index (χ0v) is 19.6. The van der Waals surface area contributed by atoms with Gasteiger partial charge in [-0.3, -0.25) is 4.63 Å². The van der Waals surface area contributed by atoms with E-state index in [9.17, 15) is 23.2 Å². The van der Waals surface area contributed by atoms with Crippen LogP contribution in [0.2, 0.25) is 0 Å². The molecule has 5 rings (SSSR count). The highest BCUT2D eigenvalue weighted by atomic mass is 32.2. The van der Waals surface area contributed by atoms with E-state index in [1.54, 1.807) is 18.2 Å². The lowest BCUT2D eigenvalue weighted by Crippen LogP contribution is -2.30. The number of rotatable bonds is 7. The number of carbonyl (C=O) groups is 1. The van der Waals surface area contributed by atoms with Gasteiger partial charge in [0.25, 0.3) is 9.84 Å². The van der Waals surface area contributed by atoms with Gasteiger partial charge in [0.2, 0.25) is 0 Å². The van der Waals surface area contributed by atoms with Gasteiger partial charge >= 0.3 is 22.6 Å². The van der Waals surface area contributed by atoms with E-state index in [1.807, 2.05) is 0 Å². The van der Waals surface area contributed by atoms with Crippen LogP contribution in [-0.2, 0) is 28.2 Å². The molecule has 0 saturated carbocycles. The van der Waals surface area contributed by atoms with Crippen molar-refractivity contribution >= 4 is 21.5 Å².